The molecule has 0 amide bonds. The van der Waals surface area contributed by atoms with Crippen molar-refractivity contribution in [3.05, 3.63) is 0 Å². The van der Waals surface area contributed by atoms with Gasteiger partial charge >= 0.3 is 5.97 Å². The molecule has 0 aromatic rings. The van der Waals surface area contributed by atoms with Crippen molar-refractivity contribution >= 4 is 5.97 Å². The zero-order chi connectivity index (χ0) is 13.0. The summed E-state index contributed by atoms with van der Waals surface area (Å²) < 4.78 is 5.25. The van der Waals surface area contributed by atoms with Gasteiger partial charge in [-0.2, -0.15) is 0 Å². The van der Waals surface area contributed by atoms with Crippen LogP contribution in [0.15, 0.2) is 0 Å². The molecule has 3 atom stereocenters. The lowest BCUT2D eigenvalue weighted by molar-refractivity contribution is -0.152. The van der Waals surface area contributed by atoms with Gasteiger partial charge in [0.05, 0.1) is 6.61 Å². The third-order valence-electron chi connectivity index (χ3n) is 4.63. The maximum Gasteiger partial charge on any atom is 0.323 e. The zero-order valence-electron chi connectivity index (χ0n) is 11.9. The molecule has 1 heterocycles. The Hall–Kier alpha value is -0.570. The summed E-state index contributed by atoms with van der Waals surface area (Å²) in [6, 6.07) is 0.637. The number of esters is 1. The van der Waals surface area contributed by atoms with E-state index in [1.165, 1.54) is 38.5 Å². The lowest BCUT2D eigenvalue weighted by atomic mass is 9.77. The van der Waals surface area contributed by atoms with Gasteiger partial charge in [-0.3, -0.25) is 9.69 Å². The van der Waals surface area contributed by atoms with Crippen molar-refractivity contribution in [1.82, 2.24) is 4.90 Å². The second-order valence-corrected chi connectivity index (χ2v) is 5.67. The normalized spacial score (nSPS) is 30.6. The summed E-state index contributed by atoms with van der Waals surface area (Å²) >= 11 is 0. The minimum absolute atomic E-state index is 0.00384. The molecule has 1 saturated carbocycles. The van der Waals surface area contributed by atoms with E-state index in [0.29, 0.717) is 12.6 Å². The molecule has 1 saturated heterocycles. The fourth-order valence-electron chi connectivity index (χ4n) is 3.83. The quantitative estimate of drug-likeness (QED) is 0.721. The topological polar surface area (TPSA) is 29.5 Å². The highest BCUT2D eigenvalue weighted by atomic mass is 16.5. The van der Waals surface area contributed by atoms with Crippen molar-refractivity contribution < 1.29 is 9.53 Å². The summed E-state index contributed by atoms with van der Waals surface area (Å²) in [4.78, 5) is 14.5. The third-order valence-corrected chi connectivity index (χ3v) is 4.63. The Kier molecular flexibility index (Phi) is 5.04. The Morgan fingerprint density at radius 3 is 2.67 bits per heavy atom. The smallest absolute Gasteiger partial charge is 0.323 e. The van der Waals surface area contributed by atoms with Crippen LogP contribution in [0, 0.1) is 5.92 Å². The molecule has 2 aliphatic rings. The largest absolute Gasteiger partial charge is 0.465 e. The lowest BCUT2D eigenvalue weighted by Gasteiger charge is -2.46. The first-order valence-corrected chi connectivity index (χ1v) is 7.70. The van der Waals surface area contributed by atoms with Gasteiger partial charge in [-0.05, 0) is 51.5 Å². The lowest BCUT2D eigenvalue weighted by Crippen LogP contribution is -2.54. The van der Waals surface area contributed by atoms with Crippen LogP contribution in [0.2, 0.25) is 0 Å². The average molecular weight is 253 g/mol. The first-order chi connectivity index (χ1) is 8.77. The summed E-state index contributed by atoms with van der Waals surface area (Å²) in [5.41, 5.74) is 0. The molecule has 0 aromatic heterocycles. The van der Waals surface area contributed by atoms with Crippen molar-refractivity contribution in [3.8, 4) is 0 Å². The van der Waals surface area contributed by atoms with E-state index in [-0.39, 0.29) is 12.0 Å². The predicted molar refractivity (Wildman–Crippen MR) is 72.4 cm³/mol. The van der Waals surface area contributed by atoms with Crippen molar-refractivity contribution in [2.45, 2.75) is 70.9 Å². The molecule has 0 radical (unpaired) electrons. The monoisotopic (exact) mass is 253 g/mol. The van der Waals surface area contributed by atoms with E-state index >= 15 is 0 Å². The van der Waals surface area contributed by atoms with Crippen LogP contribution in [0.3, 0.4) is 0 Å². The first kappa shape index (κ1) is 13.9. The van der Waals surface area contributed by atoms with Crippen LogP contribution >= 0.6 is 0 Å². The van der Waals surface area contributed by atoms with Gasteiger partial charge in [0, 0.05) is 6.04 Å². The Bertz CT molecular complexity index is 278. The van der Waals surface area contributed by atoms with Crippen molar-refractivity contribution in [3.63, 3.8) is 0 Å². The summed E-state index contributed by atoms with van der Waals surface area (Å²) in [6.07, 6.45) is 8.84. The van der Waals surface area contributed by atoms with E-state index in [1.807, 2.05) is 6.92 Å². The van der Waals surface area contributed by atoms with Crippen LogP contribution in [0.5, 0.6) is 0 Å². The molecule has 0 N–H and O–H groups in total. The van der Waals surface area contributed by atoms with Gasteiger partial charge in [-0.1, -0.05) is 19.8 Å². The van der Waals surface area contributed by atoms with E-state index in [0.717, 1.165) is 18.9 Å². The summed E-state index contributed by atoms with van der Waals surface area (Å²) in [7, 11) is 0. The number of carbonyl (C=O) groups excluding carboxylic acids is 1. The highest BCUT2D eigenvalue weighted by Gasteiger charge is 2.38. The number of rotatable bonds is 4. The molecule has 0 spiro atoms. The number of nitrogens with zero attached hydrogens (tertiary/aromatic N) is 1. The second-order valence-electron chi connectivity index (χ2n) is 5.67. The minimum atomic E-state index is -0.00813. The summed E-state index contributed by atoms with van der Waals surface area (Å²) in [5.74, 6) is 0.821. The molecule has 3 nitrogen and oxygen atoms in total. The molecular formula is C15H27NO2. The first-order valence-electron chi connectivity index (χ1n) is 7.70. The average Bonchev–Trinajstić information content (AvgIpc) is 2.40. The Morgan fingerprint density at radius 1 is 1.22 bits per heavy atom. The third kappa shape index (κ3) is 2.87. The van der Waals surface area contributed by atoms with E-state index in [4.69, 9.17) is 4.74 Å². The Morgan fingerprint density at radius 2 is 1.94 bits per heavy atom. The van der Waals surface area contributed by atoms with Crippen LogP contribution in [-0.4, -0.2) is 36.1 Å². The predicted octanol–water partition coefficient (Wildman–Crippen LogP) is 2.98. The van der Waals surface area contributed by atoms with Gasteiger partial charge in [0.25, 0.3) is 0 Å². The number of fused-ring (bicyclic) bond motifs is 1. The van der Waals surface area contributed by atoms with Crippen molar-refractivity contribution in [2.24, 2.45) is 5.92 Å². The van der Waals surface area contributed by atoms with Crippen molar-refractivity contribution in [1.29, 1.82) is 0 Å². The summed E-state index contributed by atoms with van der Waals surface area (Å²) in [6.45, 7) is 5.58. The Labute approximate surface area is 111 Å². The molecular weight excluding hydrogens is 226 g/mol. The maximum atomic E-state index is 12.1. The molecule has 0 bridgehead atoms. The van der Waals surface area contributed by atoms with Crippen molar-refractivity contribution in [2.75, 3.05) is 13.2 Å². The van der Waals surface area contributed by atoms with Crippen LogP contribution in [-0.2, 0) is 9.53 Å². The number of hydrogen-bond acceptors (Lipinski definition) is 3. The van der Waals surface area contributed by atoms with Crippen LogP contribution in [0.25, 0.3) is 0 Å². The van der Waals surface area contributed by atoms with Gasteiger partial charge in [-0.25, -0.2) is 0 Å². The van der Waals surface area contributed by atoms with Gasteiger partial charge in [0.15, 0.2) is 0 Å². The summed E-state index contributed by atoms with van der Waals surface area (Å²) in [5, 5.41) is 0. The molecule has 1 aliphatic carbocycles. The molecule has 2 rings (SSSR count). The zero-order valence-corrected chi connectivity index (χ0v) is 11.9. The fraction of sp³-hybridized carbons (Fsp3) is 0.933. The Balaban J connectivity index is 2.05. The highest BCUT2D eigenvalue weighted by Crippen LogP contribution is 2.36. The van der Waals surface area contributed by atoms with E-state index < -0.39 is 0 Å². The van der Waals surface area contributed by atoms with E-state index in [1.54, 1.807) is 0 Å². The number of hydrogen-bond donors (Lipinski definition) is 0. The van der Waals surface area contributed by atoms with E-state index in [9.17, 15) is 4.79 Å². The van der Waals surface area contributed by atoms with Gasteiger partial charge in [0.2, 0.25) is 0 Å². The molecule has 3 heteroatoms. The van der Waals surface area contributed by atoms with Crippen LogP contribution in [0.1, 0.15) is 58.8 Å². The number of ether oxygens (including phenoxy) is 1. The molecule has 104 valence electrons. The molecule has 2 fully saturated rings. The molecule has 3 unspecified atom stereocenters. The van der Waals surface area contributed by atoms with Gasteiger partial charge in [0.1, 0.15) is 6.04 Å². The molecule has 18 heavy (non-hydrogen) atoms. The van der Waals surface area contributed by atoms with Gasteiger partial charge in [-0.15, -0.1) is 0 Å². The van der Waals surface area contributed by atoms with Crippen LogP contribution in [0.4, 0.5) is 0 Å². The van der Waals surface area contributed by atoms with Crippen LogP contribution < -0.4 is 0 Å². The minimum Gasteiger partial charge on any atom is -0.465 e. The second kappa shape index (κ2) is 6.55. The SMILES string of the molecule is CCOC(=O)C(CC)N1CCCC2CCCCC21. The van der Waals surface area contributed by atoms with Gasteiger partial charge < -0.3 is 4.74 Å². The van der Waals surface area contributed by atoms with E-state index in [2.05, 4.69) is 11.8 Å². The number of piperidine rings is 1. The number of carbonyl (C=O) groups is 1. The standard InChI is InChI=1S/C15H27NO2/c1-3-13(15(17)18-4-2)16-11-7-9-12-8-5-6-10-14(12)16/h12-14H,3-11H2,1-2H3. The fourth-order valence-corrected chi connectivity index (χ4v) is 3.83. The molecule has 1 aliphatic heterocycles. The molecule has 0 aromatic carbocycles. The highest BCUT2D eigenvalue weighted by molar-refractivity contribution is 5.75. The maximum absolute atomic E-state index is 12.1. The number of likely N-dealkylation sites (tertiary alicyclic amines) is 1.